The molecule has 0 bridgehead atoms. The molecule has 1 fully saturated rings. The van der Waals surface area contributed by atoms with Crippen molar-refractivity contribution in [3.8, 4) is 5.75 Å². The molecule has 1 aliphatic heterocycles. The van der Waals surface area contributed by atoms with Crippen LogP contribution in [0.1, 0.15) is 30.4 Å². The van der Waals surface area contributed by atoms with Crippen molar-refractivity contribution in [1.29, 1.82) is 0 Å². The van der Waals surface area contributed by atoms with E-state index in [0.717, 1.165) is 42.6 Å². The number of amides is 2. The van der Waals surface area contributed by atoms with Crippen LogP contribution in [0.25, 0.3) is 0 Å². The zero-order valence-corrected chi connectivity index (χ0v) is 18.1. The van der Waals surface area contributed by atoms with Gasteiger partial charge in [0.15, 0.2) is 6.61 Å². The van der Waals surface area contributed by atoms with E-state index >= 15 is 0 Å². The Hall–Kier alpha value is -2.57. The van der Waals surface area contributed by atoms with Crippen molar-refractivity contribution < 1.29 is 14.3 Å². The molecule has 0 radical (unpaired) electrons. The molecular weight excluding hydrogens is 402 g/mol. The molecule has 6 nitrogen and oxygen atoms in total. The molecule has 3 rings (SSSR count). The Morgan fingerprint density at radius 1 is 1.13 bits per heavy atom. The molecule has 0 spiro atoms. The summed E-state index contributed by atoms with van der Waals surface area (Å²) in [5, 5.41) is 9.13. The van der Waals surface area contributed by atoms with Crippen LogP contribution in [0.15, 0.2) is 48.5 Å². The number of anilines is 1. The van der Waals surface area contributed by atoms with Gasteiger partial charge in [0.25, 0.3) is 5.91 Å². The van der Waals surface area contributed by atoms with Crippen molar-refractivity contribution in [2.75, 3.05) is 25.0 Å². The molecule has 1 aliphatic rings. The summed E-state index contributed by atoms with van der Waals surface area (Å²) in [6.45, 7) is 3.56. The van der Waals surface area contributed by atoms with E-state index in [9.17, 15) is 9.59 Å². The van der Waals surface area contributed by atoms with Crippen LogP contribution < -0.4 is 20.7 Å². The highest BCUT2D eigenvalue weighted by molar-refractivity contribution is 5.91. The fraction of sp³-hybridized carbons (Fsp3) is 0.391. The van der Waals surface area contributed by atoms with Crippen molar-refractivity contribution in [2.24, 2.45) is 0 Å². The summed E-state index contributed by atoms with van der Waals surface area (Å²) in [6, 6.07) is 15.6. The highest BCUT2D eigenvalue weighted by Gasteiger charge is 2.17. The molecule has 0 aromatic heterocycles. The fourth-order valence-electron chi connectivity index (χ4n) is 3.39. The van der Waals surface area contributed by atoms with Gasteiger partial charge in [0.05, 0.1) is 0 Å². The molecule has 7 heteroatoms. The van der Waals surface area contributed by atoms with E-state index < -0.39 is 0 Å². The van der Waals surface area contributed by atoms with Gasteiger partial charge >= 0.3 is 0 Å². The summed E-state index contributed by atoms with van der Waals surface area (Å²) in [7, 11) is 0. The van der Waals surface area contributed by atoms with Gasteiger partial charge in [-0.2, -0.15) is 0 Å². The van der Waals surface area contributed by atoms with Gasteiger partial charge in [-0.05, 0) is 68.1 Å². The van der Waals surface area contributed by atoms with Crippen LogP contribution in [0.2, 0.25) is 0 Å². The second-order valence-electron chi connectivity index (χ2n) is 7.45. The zero-order valence-electron chi connectivity index (χ0n) is 17.3. The Morgan fingerprint density at radius 2 is 1.93 bits per heavy atom. The van der Waals surface area contributed by atoms with Crippen LogP contribution >= 0.6 is 12.4 Å². The maximum absolute atomic E-state index is 12.0. The summed E-state index contributed by atoms with van der Waals surface area (Å²) in [5.41, 5.74) is 2.96. The monoisotopic (exact) mass is 431 g/mol. The highest BCUT2D eigenvalue weighted by Crippen LogP contribution is 2.14. The maximum atomic E-state index is 12.0. The van der Waals surface area contributed by atoms with Crippen molar-refractivity contribution in [1.82, 2.24) is 10.6 Å². The van der Waals surface area contributed by atoms with Crippen LogP contribution in [0, 0.1) is 6.92 Å². The first-order valence-electron chi connectivity index (χ1n) is 10.2. The molecular formula is C23H30ClN3O3. The summed E-state index contributed by atoms with van der Waals surface area (Å²) in [5.74, 6) is 0.549. The van der Waals surface area contributed by atoms with E-state index in [1.165, 1.54) is 0 Å². The van der Waals surface area contributed by atoms with Gasteiger partial charge in [-0.1, -0.05) is 24.3 Å². The number of ether oxygens (including phenoxy) is 1. The van der Waals surface area contributed by atoms with Gasteiger partial charge in [-0.25, -0.2) is 0 Å². The lowest BCUT2D eigenvalue weighted by Gasteiger charge is -2.11. The van der Waals surface area contributed by atoms with Crippen molar-refractivity contribution in [3.05, 3.63) is 59.7 Å². The topological polar surface area (TPSA) is 79.5 Å². The Balaban J connectivity index is 0.00000320. The summed E-state index contributed by atoms with van der Waals surface area (Å²) in [4.78, 5) is 23.9. The Labute approximate surface area is 184 Å². The lowest BCUT2D eigenvalue weighted by atomic mass is 10.1. The molecule has 1 unspecified atom stereocenters. The first kappa shape index (κ1) is 23.7. The standard InChI is InChI=1S/C23H29N3O3.ClH/c1-17-4-2-5-20(14-17)26-23(28)16-29-21-9-7-18(8-10-21)11-13-25-22(27)15-19-6-3-12-24-19;/h2,4-5,7-10,14,19,24H,3,6,11-13,15-16H2,1H3,(H,25,27)(H,26,28);1H. The third-order valence-electron chi connectivity index (χ3n) is 4.93. The predicted octanol–water partition coefficient (Wildman–Crippen LogP) is 3.24. The van der Waals surface area contributed by atoms with Crippen molar-refractivity contribution in [2.45, 2.75) is 38.6 Å². The van der Waals surface area contributed by atoms with E-state index in [1.54, 1.807) is 0 Å². The lowest BCUT2D eigenvalue weighted by molar-refractivity contribution is -0.121. The molecule has 30 heavy (non-hydrogen) atoms. The van der Waals surface area contributed by atoms with Gasteiger partial charge in [-0.15, -0.1) is 12.4 Å². The second kappa shape index (κ2) is 12.2. The van der Waals surface area contributed by atoms with E-state index in [1.807, 2.05) is 55.5 Å². The minimum Gasteiger partial charge on any atom is -0.484 e. The third-order valence-corrected chi connectivity index (χ3v) is 4.93. The van der Waals surface area contributed by atoms with Crippen LogP contribution in [-0.2, 0) is 16.0 Å². The summed E-state index contributed by atoms with van der Waals surface area (Å²) >= 11 is 0. The molecule has 1 heterocycles. The molecule has 1 saturated heterocycles. The van der Waals surface area contributed by atoms with E-state index in [4.69, 9.17) is 4.74 Å². The minimum absolute atomic E-state index is 0. The number of benzene rings is 2. The molecule has 2 aromatic rings. The van der Waals surface area contributed by atoms with Crippen LogP contribution in [0.4, 0.5) is 5.69 Å². The molecule has 162 valence electrons. The van der Waals surface area contributed by atoms with Gasteiger partial charge in [0.1, 0.15) is 5.75 Å². The third kappa shape index (κ3) is 8.05. The van der Waals surface area contributed by atoms with Gasteiger partial charge in [0, 0.05) is 24.7 Å². The number of nitrogens with one attached hydrogen (secondary N) is 3. The quantitative estimate of drug-likeness (QED) is 0.569. The number of aryl methyl sites for hydroxylation is 1. The average molecular weight is 432 g/mol. The van der Waals surface area contributed by atoms with Crippen molar-refractivity contribution >= 4 is 29.9 Å². The van der Waals surface area contributed by atoms with Crippen LogP contribution in [0.5, 0.6) is 5.75 Å². The fourth-order valence-corrected chi connectivity index (χ4v) is 3.39. The molecule has 2 amide bonds. The van der Waals surface area contributed by atoms with Crippen LogP contribution in [-0.4, -0.2) is 37.6 Å². The van der Waals surface area contributed by atoms with Crippen molar-refractivity contribution in [3.63, 3.8) is 0 Å². The lowest BCUT2D eigenvalue weighted by Crippen LogP contribution is -2.32. The summed E-state index contributed by atoms with van der Waals surface area (Å²) < 4.78 is 5.55. The Bertz CT molecular complexity index is 821. The number of hydrogen-bond donors (Lipinski definition) is 3. The van der Waals surface area contributed by atoms with Gasteiger partial charge in [-0.3, -0.25) is 9.59 Å². The number of hydrogen-bond acceptors (Lipinski definition) is 4. The highest BCUT2D eigenvalue weighted by atomic mass is 35.5. The van der Waals surface area contributed by atoms with Crippen LogP contribution in [0.3, 0.4) is 0 Å². The molecule has 0 saturated carbocycles. The average Bonchev–Trinajstić information content (AvgIpc) is 3.20. The smallest absolute Gasteiger partial charge is 0.262 e. The number of carbonyl (C=O) groups is 2. The van der Waals surface area contributed by atoms with Gasteiger partial charge < -0.3 is 20.7 Å². The largest absolute Gasteiger partial charge is 0.484 e. The van der Waals surface area contributed by atoms with E-state index in [2.05, 4.69) is 16.0 Å². The number of carbonyl (C=O) groups excluding carboxylic acids is 2. The molecule has 2 aromatic carbocycles. The number of halogens is 1. The zero-order chi connectivity index (χ0) is 20.5. The molecule has 1 atom stereocenters. The minimum atomic E-state index is -0.195. The number of rotatable bonds is 9. The van der Waals surface area contributed by atoms with Gasteiger partial charge in [0.2, 0.25) is 5.91 Å². The first-order valence-corrected chi connectivity index (χ1v) is 10.2. The maximum Gasteiger partial charge on any atom is 0.262 e. The van der Waals surface area contributed by atoms with E-state index in [0.29, 0.717) is 24.8 Å². The predicted molar refractivity (Wildman–Crippen MR) is 121 cm³/mol. The Kier molecular flexibility index (Phi) is 9.64. The Morgan fingerprint density at radius 3 is 2.63 bits per heavy atom. The first-order chi connectivity index (χ1) is 14.1. The normalized spacial score (nSPS) is 15.2. The second-order valence-corrected chi connectivity index (χ2v) is 7.45. The molecule has 3 N–H and O–H groups in total. The molecule has 0 aliphatic carbocycles. The summed E-state index contributed by atoms with van der Waals surface area (Å²) in [6.07, 6.45) is 3.55. The van der Waals surface area contributed by atoms with E-state index in [-0.39, 0.29) is 30.8 Å². The SMILES string of the molecule is Cc1cccc(NC(=O)COc2ccc(CCNC(=O)CC3CCCN3)cc2)c1.Cl.